The molecule has 0 amide bonds. The fourth-order valence-corrected chi connectivity index (χ4v) is 5.04. The van der Waals surface area contributed by atoms with Gasteiger partial charge >= 0.3 is 0 Å². The molecule has 0 radical (unpaired) electrons. The van der Waals surface area contributed by atoms with E-state index in [4.69, 9.17) is 0 Å². The van der Waals surface area contributed by atoms with Crippen molar-refractivity contribution in [1.82, 2.24) is 9.62 Å². The third-order valence-electron chi connectivity index (χ3n) is 4.35. The molecule has 2 saturated heterocycles. The molecule has 3 rings (SSSR count). The van der Waals surface area contributed by atoms with Gasteiger partial charge in [0.2, 0.25) is 10.0 Å². The summed E-state index contributed by atoms with van der Waals surface area (Å²) in [7, 11) is -3.81. The molecule has 116 valence electrons. The Morgan fingerprint density at radius 2 is 2.05 bits per heavy atom. The molecule has 2 aliphatic heterocycles. The molecule has 2 heterocycles. The lowest BCUT2D eigenvalue weighted by Gasteiger charge is -2.32. The van der Waals surface area contributed by atoms with Gasteiger partial charge in [-0.25, -0.2) is 17.5 Å². The van der Waals surface area contributed by atoms with E-state index in [1.165, 1.54) is 18.6 Å². The van der Waals surface area contributed by atoms with E-state index in [1.54, 1.807) is 6.07 Å². The Morgan fingerprint density at radius 1 is 1.24 bits per heavy atom. The Labute approximate surface area is 132 Å². The first kappa shape index (κ1) is 15.4. The van der Waals surface area contributed by atoms with Gasteiger partial charge in [-0.05, 0) is 44.0 Å². The second kappa shape index (κ2) is 5.95. The van der Waals surface area contributed by atoms with Crippen molar-refractivity contribution in [3.8, 4) is 0 Å². The predicted octanol–water partition coefficient (Wildman–Crippen LogP) is 2.49. The van der Waals surface area contributed by atoms with Gasteiger partial charge in [-0.2, -0.15) is 0 Å². The number of hydrogen-bond donors (Lipinski definition) is 1. The van der Waals surface area contributed by atoms with Gasteiger partial charge in [0.1, 0.15) is 10.7 Å². The van der Waals surface area contributed by atoms with E-state index in [0.29, 0.717) is 4.47 Å². The van der Waals surface area contributed by atoms with Gasteiger partial charge < -0.3 is 0 Å². The van der Waals surface area contributed by atoms with E-state index in [-0.39, 0.29) is 17.0 Å². The molecule has 0 aliphatic carbocycles. The molecule has 2 fully saturated rings. The van der Waals surface area contributed by atoms with Crippen molar-refractivity contribution in [1.29, 1.82) is 0 Å². The molecule has 1 aromatic carbocycles. The van der Waals surface area contributed by atoms with Crippen LogP contribution in [0.15, 0.2) is 27.6 Å². The fraction of sp³-hybridized carbons (Fsp3) is 0.571. The SMILES string of the molecule is O=S(=O)(NC1CCN2CCCCC12)c1ccc(Br)cc1F. The highest BCUT2D eigenvalue weighted by Crippen LogP contribution is 2.28. The Bertz CT molecular complexity index is 638. The van der Waals surface area contributed by atoms with Crippen LogP contribution >= 0.6 is 15.9 Å². The number of piperidine rings is 1. The number of fused-ring (bicyclic) bond motifs is 1. The summed E-state index contributed by atoms with van der Waals surface area (Å²) < 4.78 is 41.9. The van der Waals surface area contributed by atoms with Crippen LogP contribution in [0.3, 0.4) is 0 Å². The summed E-state index contributed by atoms with van der Waals surface area (Å²) in [5.74, 6) is -0.727. The number of rotatable bonds is 3. The van der Waals surface area contributed by atoms with Crippen molar-refractivity contribution in [3.05, 3.63) is 28.5 Å². The molecule has 7 heteroatoms. The van der Waals surface area contributed by atoms with Crippen LogP contribution in [0.5, 0.6) is 0 Å². The van der Waals surface area contributed by atoms with Gasteiger partial charge in [-0.3, -0.25) is 4.90 Å². The first-order valence-corrected chi connectivity index (χ1v) is 9.46. The van der Waals surface area contributed by atoms with Crippen LogP contribution in [0.25, 0.3) is 0 Å². The molecule has 4 nitrogen and oxygen atoms in total. The molecular formula is C14H18BrFN2O2S. The lowest BCUT2D eigenvalue weighted by Crippen LogP contribution is -2.46. The van der Waals surface area contributed by atoms with Gasteiger partial charge in [-0.15, -0.1) is 0 Å². The molecule has 1 aromatic rings. The lowest BCUT2D eigenvalue weighted by molar-refractivity contribution is 0.186. The Kier molecular flexibility index (Phi) is 4.36. The molecule has 0 saturated carbocycles. The summed E-state index contributed by atoms with van der Waals surface area (Å²) in [6, 6.07) is 4.16. The number of hydrogen-bond acceptors (Lipinski definition) is 3. The molecule has 0 spiro atoms. The third-order valence-corrected chi connectivity index (χ3v) is 6.36. The summed E-state index contributed by atoms with van der Waals surface area (Å²) in [5, 5.41) is 0. The smallest absolute Gasteiger partial charge is 0.243 e. The van der Waals surface area contributed by atoms with Crippen LogP contribution in [-0.2, 0) is 10.0 Å². The zero-order valence-electron chi connectivity index (χ0n) is 11.6. The number of benzene rings is 1. The number of nitrogens with one attached hydrogen (secondary N) is 1. The molecular weight excluding hydrogens is 359 g/mol. The maximum Gasteiger partial charge on any atom is 0.243 e. The van der Waals surface area contributed by atoms with Crippen molar-refractivity contribution >= 4 is 26.0 Å². The summed E-state index contributed by atoms with van der Waals surface area (Å²) in [6.07, 6.45) is 4.11. The molecule has 0 aromatic heterocycles. The van der Waals surface area contributed by atoms with E-state index < -0.39 is 15.8 Å². The second-order valence-electron chi connectivity index (χ2n) is 5.69. The van der Waals surface area contributed by atoms with Gasteiger partial charge in [-0.1, -0.05) is 22.4 Å². The first-order valence-electron chi connectivity index (χ1n) is 7.19. The highest BCUT2D eigenvalue weighted by Gasteiger charge is 2.38. The van der Waals surface area contributed by atoms with Gasteiger partial charge in [0.05, 0.1) is 0 Å². The van der Waals surface area contributed by atoms with Crippen molar-refractivity contribution in [2.45, 2.75) is 42.7 Å². The summed E-state index contributed by atoms with van der Waals surface area (Å²) in [5.41, 5.74) is 0. The molecule has 2 atom stereocenters. The number of sulfonamides is 1. The van der Waals surface area contributed by atoms with Crippen LogP contribution in [0, 0.1) is 5.82 Å². The normalized spacial score (nSPS) is 26.8. The van der Waals surface area contributed by atoms with Crippen LogP contribution < -0.4 is 4.72 Å². The van der Waals surface area contributed by atoms with Crippen molar-refractivity contribution < 1.29 is 12.8 Å². The number of halogens is 2. The summed E-state index contributed by atoms with van der Waals surface area (Å²) in [4.78, 5) is 2.06. The average Bonchev–Trinajstić information content (AvgIpc) is 2.81. The van der Waals surface area contributed by atoms with Crippen LogP contribution in [0.1, 0.15) is 25.7 Å². The van der Waals surface area contributed by atoms with E-state index in [9.17, 15) is 12.8 Å². The van der Waals surface area contributed by atoms with E-state index in [2.05, 4.69) is 25.6 Å². The Morgan fingerprint density at radius 3 is 2.81 bits per heavy atom. The molecule has 2 aliphatic rings. The van der Waals surface area contributed by atoms with Gasteiger partial charge in [0.15, 0.2) is 0 Å². The number of nitrogens with zero attached hydrogens (tertiary/aromatic N) is 1. The minimum Gasteiger partial charge on any atom is -0.299 e. The molecule has 2 unspecified atom stereocenters. The van der Waals surface area contributed by atoms with Gasteiger partial charge in [0, 0.05) is 23.1 Å². The minimum atomic E-state index is -3.81. The fourth-order valence-electron chi connectivity index (χ4n) is 3.34. The zero-order valence-corrected chi connectivity index (χ0v) is 14.0. The highest BCUT2D eigenvalue weighted by molar-refractivity contribution is 9.10. The van der Waals surface area contributed by atoms with Gasteiger partial charge in [0.25, 0.3) is 0 Å². The zero-order chi connectivity index (χ0) is 15.0. The lowest BCUT2D eigenvalue weighted by atomic mass is 10.00. The van der Waals surface area contributed by atoms with E-state index in [0.717, 1.165) is 32.4 Å². The van der Waals surface area contributed by atoms with Crippen LogP contribution in [0.2, 0.25) is 0 Å². The Balaban J connectivity index is 1.80. The quantitative estimate of drug-likeness (QED) is 0.881. The summed E-state index contributed by atoms with van der Waals surface area (Å²) in [6.45, 7) is 1.95. The maximum atomic E-state index is 13.9. The summed E-state index contributed by atoms with van der Waals surface area (Å²) >= 11 is 3.13. The third kappa shape index (κ3) is 3.16. The van der Waals surface area contributed by atoms with Crippen LogP contribution in [0.4, 0.5) is 4.39 Å². The largest absolute Gasteiger partial charge is 0.299 e. The monoisotopic (exact) mass is 376 g/mol. The molecule has 0 bridgehead atoms. The maximum absolute atomic E-state index is 13.9. The predicted molar refractivity (Wildman–Crippen MR) is 82.0 cm³/mol. The van der Waals surface area contributed by atoms with E-state index in [1.807, 2.05) is 0 Å². The average molecular weight is 377 g/mol. The van der Waals surface area contributed by atoms with Crippen LogP contribution in [-0.4, -0.2) is 38.5 Å². The van der Waals surface area contributed by atoms with E-state index >= 15 is 0 Å². The van der Waals surface area contributed by atoms with Crippen molar-refractivity contribution in [3.63, 3.8) is 0 Å². The van der Waals surface area contributed by atoms with Crippen molar-refractivity contribution in [2.75, 3.05) is 13.1 Å². The molecule has 1 N–H and O–H groups in total. The highest BCUT2D eigenvalue weighted by atomic mass is 79.9. The molecule has 21 heavy (non-hydrogen) atoms. The second-order valence-corrected chi connectivity index (χ2v) is 8.29. The topological polar surface area (TPSA) is 49.4 Å². The Hall–Kier alpha value is -0.500. The standard InChI is InChI=1S/C14H18BrFN2O2S/c15-10-4-5-14(11(16)9-10)21(19,20)17-12-6-8-18-7-2-1-3-13(12)18/h4-5,9,12-13,17H,1-3,6-8H2. The van der Waals surface area contributed by atoms with Crippen molar-refractivity contribution in [2.24, 2.45) is 0 Å². The first-order chi connectivity index (χ1) is 9.97. The minimum absolute atomic E-state index is 0.113.